The molecule has 0 spiro atoms. The van der Waals surface area contributed by atoms with Crippen molar-refractivity contribution in [3.8, 4) is 5.75 Å². The Kier molecular flexibility index (Phi) is 4.93. The molecule has 1 amide bonds. The van der Waals surface area contributed by atoms with E-state index in [1.165, 1.54) is 5.56 Å². The van der Waals surface area contributed by atoms with Crippen molar-refractivity contribution >= 4 is 5.91 Å². The number of fused-ring (bicyclic) bond motifs is 1. The average Bonchev–Trinajstić information content (AvgIpc) is 2.73. The largest absolute Gasteiger partial charge is 0.492 e. The second-order valence-corrected chi connectivity index (χ2v) is 7.28. The lowest BCUT2D eigenvalue weighted by atomic mass is 9.86. The van der Waals surface area contributed by atoms with Crippen LogP contribution >= 0.6 is 0 Å². The van der Waals surface area contributed by atoms with E-state index in [4.69, 9.17) is 4.74 Å². The minimum absolute atomic E-state index is 0.0775. The molecule has 0 bridgehead atoms. The SMILES string of the molecule is O=C(C1COc2ccccc2C1)N1CCC(c2ccccc2CO)CC1. The van der Waals surface area contributed by atoms with Crippen LogP contribution in [0.25, 0.3) is 0 Å². The molecule has 2 aliphatic rings. The van der Waals surface area contributed by atoms with Crippen LogP contribution in [0.1, 0.15) is 35.4 Å². The molecular weight excluding hydrogens is 326 g/mol. The molecule has 2 aromatic rings. The highest BCUT2D eigenvalue weighted by molar-refractivity contribution is 5.80. The standard InChI is InChI=1S/C22H25NO3/c24-14-18-6-1-3-7-20(18)16-9-11-23(12-10-16)22(25)19-13-17-5-2-4-8-21(17)26-15-19/h1-8,16,19,24H,9-15H2. The van der Waals surface area contributed by atoms with Crippen LogP contribution in [0.4, 0.5) is 0 Å². The zero-order chi connectivity index (χ0) is 17.9. The fraction of sp³-hybridized carbons (Fsp3) is 0.409. The lowest BCUT2D eigenvalue weighted by Crippen LogP contribution is -2.44. The molecule has 1 atom stereocenters. The molecular formula is C22H25NO3. The maximum absolute atomic E-state index is 12.9. The highest BCUT2D eigenvalue weighted by Crippen LogP contribution is 2.32. The topological polar surface area (TPSA) is 49.8 Å². The predicted molar refractivity (Wildman–Crippen MR) is 100 cm³/mol. The summed E-state index contributed by atoms with van der Waals surface area (Å²) in [6, 6.07) is 16.1. The molecule has 0 radical (unpaired) electrons. The highest BCUT2D eigenvalue weighted by Gasteiger charge is 2.32. The summed E-state index contributed by atoms with van der Waals surface area (Å²) < 4.78 is 5.79. The van der Waals surface area contributed by atoms with Crippen LogP contribution in [0.5, 0.6) is 5.75 Å². The van der Waals surface area contributed by atoms with Gasteiger partial charge in [0.05, 0.1) is 12.5 Å². The molecule has 0 saturated carbocycles. The number of aliphatic hydroxyl groups is 1. The van der Waals surface area contributed by atoms with Gasteiger partial charge in [0.25, 0.3) is 0 Å². The van der Waals surface area contributed by atoms with Crippen molar-refractivity contribution in [1.29, 1.82) is 0 Å². The molecule has 4 rings (SSSR count). The van der Waals surface area contributed by atoms with Crippen LogP contribution in [-0.4, -0.2) is 35.6 Å². The van der Waals surface area contributed by atoms with E-state index in [0.29, 0.717) is 12.5 Å². The minimum atomic E-state index is -0.0776. The maximum Gasteiger partial charge on any atom is 0.229 e. The first kappa shape index (κ1) is 17.1. The van der Waals surface area contributed by atoms with E-state index in [2.05, 4.69) is 6.07 Å². The summed E-state index contributed by atoms with van der Waals surface area (Å²) in [4.78, 5) is 14.9. The van der Waals surface area contributed by atoms with Crippen LogP contribution in [-0.2, 0) is 17.8 Å². The van der Waals surface area contributed by atoms with Crippen LogP contribution in [0.15, 0.2) is 48.5 Å². The Labute approximate surface area is 154 Å². The van der Waals surface area contributed by atoms with E-state index < -0.39 is 0 Å². The number of benzene rings is 2. The van der Waals surface area contributed by atoms with E-state index in [1.54, 1.807) is 0 Å². The number of para-hydroxylation sites is 1. The number of ether oxygens (including phenoxy) is 1. The second-order valence-electron chi connectivity index (χ2n) is 7.28. The third kappa shape index (κ3) is 3.34. The van der Waals surface area contributed by atoms with Gasteiger partial charge in [0.15, 0.2) is 0 Å². The molecule has 26 heavy (non-hydrogen) atoms. The number of likely N-dealkylation sites (tertiary alicyclic amines) is 1. The van der Waals surface area contributed by atoms with E-state index in [0.717, 1.165) is 49.2 Å². The Morgan fingerprint density at radius 3 is 2.62 bits per heavy atom. The Morgan fingerprint density at radius 1 is 1.08 bits per heavy atom. The first-order valence-corrected chi connectivity index (χ1v) is 9.44. The van der Waals surface area contributed by atoms with Gasteiger partial charge in [-0.15, -0.1) is 0 Å². The van der Waals surface area contributed by atoms with Crippen molar-refractivity contribution in [2.75, 3.05) is 19.7 Å². The smallest absolute Gasteiger partial charge is 0.229 e. The third-order valence-electron chi connectivity index (χ3n) is 5.70. The molecule has 1 N–H and O–H groups in total. The van der Waals surface area contributed by atoms with Gasteiger partial charge >= 0.3 is 0 Å². The Bertz CT molecular complexity index is 780. The molecule has 0 aromatic heterocycles. The van der Waals surface area contributed by atoms with E-state index >= 15 is 0 Å². The fourth-order valence-electron chi connectivity index (χ4n) is 4.23. The van der Waals surface area contributed by atoms with Crippen molar-refractivity contribution in [1.82, 2.24) is 4.90 Å². The number of hydrogen-bond acceptors (Lipinski definition) is 3. The molecule has 4 nitrogen and oxygen atoms in total. The van der Waals surface area contributed by atoms with Crippen LogP contribution in [0.3, 0.4) is 0 Å². The van der Waals surface area contributed by atoms with Crippen molar-refractivity contribution in [3.63, 3.8) is 0 Å². The Morgan fingerprint density at radius 2 is 1.81 bits per heavy atom. The van der Waals surface area contributed by atoms with Crippen molar-refractivity contribution in [2.24, 2.45) is 5.92 Å². The van der Waals surface area contributed by atoms with Gasteiger partial charge in [-0.2, -0.15) is 0 Å². The van der Waals surface area contributed by atoms with Gasteiger partial charge in [0, 0.05) is 13.1 Å². The number of piperidine rings is 1. The normalized spacial score (nSPS) is 20.3. The summed E-state index contributed by atoms with van der Waals surface area (Å²) in [5.41, 5.74) is 3.37. The number of carbonyl (C=O) groups excluding carboxylic acids is 1. The predicted octanol–water partition coefficient (Wildman–Crippen LogP) is 3.14. The molecule has 0 aliphatic carbocycles. The third-order valence-corrected chi connectivity index (χ3v) is 5.70. The molecule has 1 fully saturated rings. The summed E-state index contributed by atoms with van der Waals surface area (Å²) >= 11 is 0. The summed E-state index contributed by atoms with van der Waals surface area (Å²) in [7, 11) is 0. The number of rotatable bonds is 3. The molecule has 4 heteroatoms. The molecule has 2 aliphatic heterocycles. The van der Waals surface area contributed by atoms with Crippen LogP contribution < -0.4 is 4.74 Å². The van der Waals surface area contributed by atoms with E-state index in [1.807, 2.05) is 47.4 Å². The number of hydrogen-bond donors (Lipinski definition) is 1. The van der Waals surface area contributed by atoms with Gasteiger partial charge in [0.2, 0.25) is 5.91 Å². The summed E-state index contributed by atoms with van der Waals surface area (Å²) in [6.45, 7) is 2.11. The van der Waals surface area contributed by atoms with Crippen LogP contribution in [0, 0.1) is 5.92 Å². The monoisotopic (exact) mass is 351 g/mol. The zero-order valence-electron chi connectivity index (χ0n) is 14.9. The Hall–Kier alpha value is -2.33. The van der Waals surface area contributed by atoms with Gasteiger partial charge < -0.3 is 14.7 Å². The number of nitrogens with zero attached hydrogens (tertiary/aromatic N) is 1. The lowest BCUT2D eigenvalue weighted by molar-refractivity contribution is -0.138. The first-order chi connectivity index (χ1) is 12.8. The average molecular weight is 351 g/mol. The molecule has 1 saturated heterocycles. The fourth-order valence-corrected chi connectivity index (χ4v) is 4.23. The van der Waals surface area contributed by atoms with Gasteiger partial charge in [0.1, 0.15) is 12.4 Å². The van der Waals surface area contributed by atoms with Crippen molar-refractivity contribution in [3.05, 3.63) is 65.2 Å². The van der Waals surface area contributed by atoms with E-state index in [-0.39, 0.29) is 18.4 Å². The number of carbonyl (C=O) groups is 1. The maximum atomic E-state index is 12.9. The molecule has 2 aromatic carbocycles. The van der Waals surface area contributed by atoms with Gasteiger partial charge in [-0.05, 0) is 47.9 Å². The lowest BCUT2D eigenvalue weighted by Gasteiger charge is -2.36. The number of aliphatic hydroxyl groups excluding tert-OH is 1. The molecule has 1 unspecified atom stereocenters. The van der Waals surface area contributed by atoms with Crippen LogP contribution in [0.2, 0.25) is 0 Å². The Balaban J connectivity index is 1.38. The quantitative estimate of drug-likeness (QED) is 0.924. The second kappa shape index (κ2) is 7.50. The van der Waals surface area contributed by atoms with Gasteiger partial charge in [-0.1, -0.05) is 42.5 Å². The summed E-state index contributed by atoms with van der Waals surface area (Å²) in [6.07, 6.45) is 2.67. The van der Waals surface area contributed by atoms with Crippen molar-refractivity contribution < 1.29 is 14.6 Å². The molecule has 2 heterocycles. The number of amides is 1. The van der Waals surface area contributed by atoms with Gasteiger partial charge in [-0.3, -0.25) is 4.79 Å². The van der Waals surface area contributed by atoms with Gasteiger partial charge in [-0.25, -0.2) is 0 Å². The first-order valence-electron chi connectivity index (χ1n) is 9.44. The minimum Gasteiger partial charge on any atom is -0.492 e. The zero-order valence-corrected chi connectivity index (χ0v) is 14.9. The summed E-state index contributed by atoms with van der Waals surface area (Å²) in [5.74, 6) is 1.47. The summed E-state index contributed by atoms with van der Waals surface area (Å²) in [5, 5.41) is 9.56. The molecule has 136 valence electrons. The van der Waals surface area contributed by atoms with Crippen molar-refractivity contribution in [2.45, 2.75) is 31.8 Å². The highest BCUT2D eigenvalue weighted by atomic mass is 16.5. The van der Waals surface area contributed by atoms with E-state index in [9.17, 15) is 9.90 Å².